The van der Waals surface area contributed by atoms with Gasteiger partial charge in [0.2, 0.25) is 0 Å². The Balaban J connectivity index is 2.21. The van der Waals surface area contributed by atoms with Crippen molar-refractivity contribution in [3.8, 4) is 0 Å². The molecular formula is C10H19NO3. The molecule has 4 heteroatoms. The van der Waals surface area contributed by atoms with Gasteiger partial charge in [0.1, 0.15) is 6.04 Å². The van der Waals surface area contributed by atoms with E-state index in [1.54, 1.807) is 0 Å². The molecule has 2 N–H and O–H groups in total. The van der Waals surface area contributed by atoms with Crippen LogP contribution >= 0.6 is 0 Å². The van der Waals surface area contributed by atoms with Gasteiger partial charge in [-0.15, -0.1) is 0 Å². The molecule has 1 heterocycles. The number of aliphatic carboxylic acids is 1. The molecule has 0 aromatic rings. The zero-order valence-corrected chi connectivity index (χ0v) is 8.66. The lowest BCUT2D eigenvalue weighted by Gasteiger charge is -2.16. The van der Waals surface area contributed by atoms with E-state index in [0.717, 1.165) is 25.9 Å². The van der Waals surface area contributed by atoms with E-state index < -0.39 is 12.0 Å². The van der Waals surface area contributed by atoms with Gasteiger partial charge in [-0.05, 0) is 19.3 Å². The predicted molar refractivity (Wildman–Crippen MR) is 53.3 cm³/mol. The van der Waals surface area contributed by atoms with Crippen LogP contribution in [0.5, 0.6) is 0 Å². The molecule has 1 rings (SSSR count). The minimum Gasteiger partial charge on any atom is -0.480 e. The van der Waals surface area contributed by atoms with Crippen LogP contribution in [0.4, 0.5) is 0 Å². The highest BCUT2D eigenvalue weighted by Gasteiger charge is 2.20. The zero-order chi connectivity index (χ0) is 10.4. The summed E-state index contributed by atoms with van der Waals surface area (Å²) in [5.74, 6) is -0.759. The smallest absolute Gasteiger partial charge is 0.320 e. The van der Waals surface area contributed by atoms with Crippen molar-refractivity contribution in [3.63, 3.8) is 0 Å². The topological polar surface area (TPSA) is 58.6 Å². The van der Waals surface area contributed by atoms with E-state index in [4.69, 9.17) is 9.84 Å². The molecule has 0 bridgehead atoms. The summed E-state index contributed by atoms with van der Waals surface area (Å²) in [5, 5.41) is 11.9. The molecule has 0 radical (unpaired) electrons. The van der Waals surface area contributed by atoms with Crippen LogP contribution < -0.4 is 5.32 Å². The van der Waals surface area contributed by atoms with Crippen molar-refractivity contribution in [2.45, 2.75) is 44.8 Å². The summed E-state index contributed by atoms with van der Waals surface area (Å²) >= 11 is 0. The van der Waals surface area contributed by atoms with Gasteiger partial charge in [0, 0.05) is 13.2 Å². The predicted octanol–water partition coefficient (Wildman–Crippen LogP) is 1.01. The second-order valence-corrected chi connectivity index (χ2v) is 3.72. The van der Waals surface area contributed by atoms with E-state index in [9.17, 15) is 4.79 Å². The maximum Gasteiger partial charge on any atom is 0.320 e. The molecule has 14 heavy (non-hydrogen) atoms. The molecular weight excluding hydrogens is 182 g/mol. The number of carboxylic acids is 1. The second kappa shape index (κ2) is 5.98. The molecule has 0 unspecified atom stereocenters. The second-order valence-electron chi connectivity index (χ2n) is 3.72. The normalized spacial score (nSPS) is 23.6. The fourth-order valence-electron chi connectivity index (χ4n) is 1.68. The molecule has 2 atom stereocenters. The molecule has 0 aromatic carbocycles. The fraction of sp³-hybridized carbons (Fsp3) is 0.900. The number of ether oxygens (including phenoxy) is 1. The molecule has 82 valence electrons. The van der Waals surface area contributed by atoms with Crippen molar-refractivity contribution in [3.05, 3.63) is 0 Å². The minimum absolute atomic E-state index is 0.216. The van der Waals surface area contributed by atoms with Crippen LogP contribution in [0.3, 0.4) is 0 Å². The Morgan fingerprint density at radius 1 is 1.71 bits per heavy atom. The van der Waals surface area contributed by atoms with E-state index in [2.05, 4.69) is 5.32 Å². The van der Waals surface area contributed by atoms with Gasteiger partial charge in [-0.3, -0.25) is 4.79 Å². The number of rotatable bonds is 6. The summed E-state index contributed by atoms with van der Waals surface area (Å²) in [4.78, 5) is 10.8. The van der Waals surface area contributed by atoms with Gasteiger partial charge in [-0.1, -0.05) is 13.3 Å². The SMILES string of the molecule is CCC[C@H](NC[C@@H]1CCCO1)C(=O)O. The lowest BCUT2D eigenvalue weighted by Crippen LogP contribution is -2.40. The van der Waals surface area contributed by atoms with Crippen LogP contribution in [-0.4, -0.2) is 36.4 Å². The third-order valence-electron chi connectivity index (χ3n) is 2.49. The van der Waals surface area contributed by atoms with Crippen molar-refractivity contribution < 1.29 is 14.6 Å². The summed E-state index contributed by atoms with van der Waals surface area (Å²) in [5.41, 5.74) is 0. The van der Waals surface area contributed by atoms with Crippen LogP contribution in [0.25, 0.3) is 0 Å². The van der Waals surface area contributed by atoms with E-state index in [0.29, 0.717) is 13.0 Å². The average molecular weight is 201 g/mol. The highest BCUT2D eigenvalue weighted by molar-refractivity contribution is 5.73. The van der Waals surface area contributed by atoms with E-state index in [1.807, 2.05) is 6.92 Å². The van der Waals surface area contributed by atoms with Gasteiger partial charge in [-0.2, -0.15) is 0 Å². The highest BCUT2D eigenvalue weighted by atomic mass is 16.5. The first-order valence-corrected chi connectivity index (χ1v) is 5.31. The van der Waals surface area contributed by atoms with Gasteiger partial charge >= 0.3 is 5.97 Å². The Labute approximate surface area is 84.6 Å². The Morgan fingerprint density at radius 3 is 3.00 bits per heavy atom. The van der Waals surface area contributed by atoms with Crippen LogP contribution in [-0.2, 0) is 9.53 Å². The lowest BCUT2D eigenvalue weighted by atomic mass is 10.1. The Morgan fingerprint density at radius 2 is 2.50 bits per heavy atom. The molecule has 4 nitrogen and oxygen atoms in total. The third-order valence-corrected chi connectivity index (χ3v) is 2.49. The van der Waals surface area contributed by atoms with Crippen LogP contribution in [0.15, 0.2) is 0 Å². The molecule has 0 aliphatic carbocycles. The monoisotopic (exact) mass is 201 g/mol. The van der Waals surface area contributed by atoms with Gasteiger partial charge in [0.15, 0.2) is 0 Å². The summed E-state index contributed by atoms with van der Waals surface area (Å²) in [7, 11) is 0. The number of carboxylic acid groups (broad SMARTS) is 1. The fourth-order valence-corrected chi connectivity index (χ4v) is 1.68. The van der Waals surface area contributed by atoms with Crippen molar-refractivity contribution in [2.24, 2.45) is 0 Å². The summed E-state index contributed by atoms with van der Waals surface area (Å²) in [6.07, 6.45) is 3.93. The lowest BCUT2D eigenvalue weighted by molar-refractivity contribution is -0.139. The van der Waals surface area contributed by atoms with Crippen molar-refractivity contribution in [1.29, 1.82) is 0 Å². The number of hydrogen-bond donors (Lipinski definition) is 2. The van der Waals surface area contributed by atoms with Crippen LogP contribution in [0, 0.1) is 0 Å². The quantitative estimate of drug-likeness (QED) is 0.673. The van der Waals surface area contributed by atoms with E-state index in [1.165, 1.54) is 0 Å². The number of hydrogen-bond acceptors (Lipinski definition) is 3. The third kappa shape index (κ3) is 3.64. The summed E-state index contributed by atoms with van der Waals surface area (Å²) in [6, 6.07) is -0.413. The van der Waals surface area contributed by atoms with Crippen molar-refractivity contribution in [1.82, 2.24) is 5.32 Å². The maximum absolute atomic E-state index is 10.8. The Kier molecular flexibility index (Phi) is 4.90. The minimum atomic E-state index is -0.759. The molecule has 0 saturated carbocycles. The summed E-state index contributed by atoms with van der Waals surface area (Å²) < 4.78 is 5.41. The highest BCUT2D eigenvalue weighted by Crippen LogP contribution is 2.11. The van der Waals surface area contributed by atoms with Gasteiger partial charge in [0.25, 0.3) is 0 Å². The van der Waals surface area contributed by atoms with E-state index >= 15 is 0 Å². The van der Waals surface area contributed by atoms with Gasteiger partial charge < -0.3 is 15.2 Å². The molecule has 1 aliphatic heterocycles. The molecule has 0 aromatic heterocycles. The Hall–Kier alpha value is -0.610. The van der Waals surface area contributed by atoms with Crippen LogP contribution in [0.1, 0.15) is 32.6 Å². The molecule has 0 spiro atoms. The van der Waals surface area contributed by atoms with Gasteiger partial charge in [0.05, 0.1) is 6.10 Å². The summed E-state index contributed by atoms with van der Waals surface area (Å²) in [6.45, 7) is 3.47. The largest absolute Gasteiger partial charge is 0.480 e. The van der Waals surface area contributed by atoms with E-state index in [-0.39, 0.29) is 6.10 Å². The first-order valence-electron chi connectivity index (χ1n) is 5.31. The maximum atomic E-state index is 10.8. The standard InChI is InChI=1S/C10H19NO3/c1-2-4-9(10(12)13)11-7-8-5-3-6-14-8/h8-9,11H,2-7H2,1H3,(H,12,13)/t8-,9-/m0/s1. The zero-order valence-electron chi connectivity index (χ0n) is 8.66. The Bertz CT molecular complexity index is 178. The van der Waals surface area contributed by atoms with Crippen molar-refractivity contribution >= 4 is 5.97 Å². The molecule has 1 fully saturated rings. The van der Waals surface area contributed by atoms with Crippen LogP contribution in [0.2, 0.25) is 0 Å². The molecule has 0 amide bonds. The van der Waals surface area contributed by atoms with Gasteiger partial charge in [-0.25, -0.2) is 0 Å². The number of carbonyl (C=O) groups is 1. The number of nitrogens with one attached hydrogen (secondary N) is 1. The first-order chi connectivity index (χ1) is 6.74. The van der Waals surface area contributed by atoms with Crippen molar-refractivity contribution in [2.75, 3.05) is 13.2 Å². The molecule has 1 aliphatic rings. The molecule has 1 saturated heterocycles. The first kappa shape index (κ1) is 11.5. The average Bonchev–Trinajstić information content (AvgIpc) is 2.64.